The molecule has 1 atom stereocenters. The highest BCUT2D eigenvalue weighted by atomic mass is 32.2. The van der Waals surface area contributed by atoms with Crippen molar-refractivity contribution in [3.8, 4) is 5.75 Å². The number of nitrogens with zero attached hydrogens (tertiary/aromatic N) is 3. The molecule has 1 amide bonds. The molecule has 2 aromatic rings. The number of H-pyrrole nitrogens is 1. The summed E-state index contributed by atoms with van der Waals surface area (Å²) in [5, 5.41) is 7.08. The summed E-state index contributed by atoms with van der Waals surface area (Å²) in [6, 6.07) is 7.76. The molecule has 0 aliphatic carbocycles. The van der Waals surface area contributed by atoms with Gasteiger partial charge in [0.05, 0.1) is 18.9 Å². The number of nitrogens with one attached hydrogen (secondary N) is 1. The Morgan fingerprint density at radius 2 is 2.39 bits per heavy atom. The minimum atomic E-state index is -0.00152. The summed E-state index contributed by atoms with van der Waals surface area (Å²) >= 11 is 1.53. The minimum Gasteiger partial charge on any atom is -0.497 e. The first kappa shape index (κ1) is 15.9. The number of hydrogen-bond donors (Lipinski definition) is 1. The van der Waals surface area contributed by atoms with Gasteiger partial charge in [-0.3, -0.25) is 9.89 Å². The molecule has 6 nitrogen and oxygen atoms in total. The molecule has 0 saturated carbocycles. The predicted molar refractivity (Wildman–Crippen MR) is 88.5 cm³/mol. The van der Waals surface area contributed by atoms with Gasteiger partial charge < -0.3 is 9.64 Å². The van der Waals surface area contributed by atoms with Crippen molar-refractivity contribution < 1.29 is 9.53 Å². The number of ether oxygens (including phenoxy) is 1. The number of methoxy groups -OCH3 is 1. The smallest absolute Gasteiger partial charge is 0.233 e. The summed E-state index contributed by atoms with van der Waals surface area (Å²) in [6.45, 7) is 2.64. The van der Waals surface area contributed by atoms with E-state index in [9.17, 15) is 4.79 Å². The number of hydrogen-bond acceptors (Lipinski definition) is 5. The first-order chi connectivity index (χ1) is 11.2. The number of benzene rings is 1. The third-order valence-electron chi connectivity index (χ3n) is 3.89. The van der Waals surface area contributed by atoms with Crippen molar-refractivity contribution in [2.24, 2.45) is 0 Å². The molecule has 7 heteroatoms. The van der Waals surface area contributed by atoms with Gasteiger partial charge in [-0.2, -0.15) is 5.10 Å². The second-order valence-corrected chi connectivity index (χ2v) is 6.54. The maximum absolute atomic E-state index is 12.6. The molecule has 2 heterocycles. The van der Waals surface area contributed by atoms with Gasteiger partial charge >= 0.3 is 0 Å². The highest BCUT2D eigenvalue weighted by Gasteiger charge is 2.32. The quantitative estimate of drug-likeness (QED) is 0.852. The van der Waals surface area contributed by atoms with E-state index >= 15 is 0 Å². The fourth-order valence-corrected chi connectivity index (χ4v) is 3.59. The molecule has 1 saturated heterocycles. The molecular formula is C16H20N4O2S. The molecule has 3 rings (SSSR count). The topological polar surface area (TPSA) is 71.1 Å². The van der Waals surface area contributed by atoms with Crippen molar-refractivity contribution in [2.45, 2.75) is 30.7 Å². The van der Waals surface area contributed by atoms with Crippen LogP contribution in [0.1, 0.15) is 30.5 Å². The summed E-state index contributed by atoms with van der Waals surface area (Å²) in [7, 11) is 1.64. The van der Waals surface area contributed by atoms with E-state index in [4.69, 9.17) is 4.74 Å². The van der Waals surface area contributed by atoms with Crippen molar-refractivity contribution in [2.75, 3.05) is 19.4 Å². The maximum Gasteiger partial charge on any atom is 0.233 e. The maximum atomic E-state index is 12.6. The number of amides is 1. The monoisotopic (exact) mass is 332 g/mol. The fraction of sp³-hybridized carbons (Fsp3) is 0.438. The Hall–Kier alpha value is -2.02. The highest BCUT2D eigenvalue weighted by Crippen LogP contribution is 2.31. The van der Waals surface area contributed by atoms with Crippen LogP contribution in [0.25, 0.3) is 0 Å². The zero-order valence-corrected chi connectivity index (χ0v) is 14.1. The van der Waals surface area contributed by atoms with Crippen molar-refractivity contribution in [1.29, 1.82) is 0 Å². The van der Waals surface area contributed by atoms with E-state index in [1.54, 1.807) is 7.11 Å². The normalized spacial score (nSPS) is 17.5. The van der Waals surface area contributed by atoms with E-state index in [0.29, 0.717) is 5.75 Å². The summed E-state index contributed by atoms with van der Waals surface area (Å²) in [5.41, 5.74) is 0. The number of aromatic amines is 1. The zero-order chi connectivity index (χ0) is 16.2. The van der Waals surface area contributed by atoms with Gasteiger partial charge in [0.1, 0.15) is 11.6 Å². The molecule has 1 aromatic heterocycles. The first-order valence-electron chi connectivity index (χ1n) is 7.62. The van der Waals surface area contributed by atoms with Crippen LogP contribution in [0.5, 0.6) is 5.75 Å². The number of carbonyl (C=O) groups excluding carboxylic acids is 1. The Morgan fingerprint density at radius 3 is 3.13 bits per heavy atom. The molecule has 0 unspecified atom stereocenters. The van der Waals surface area contributed by atoms with Crippen molar-refractivity contribution >= 4 is 17.7 Å². The van der Waals surface area contributed by atoms with Crippen LogP contribution < -0.4 is 4.74 Å². The van der Waals surface area contributed by atoms with Gasteiger partial charge in [-0.15, -0.1) is 11.8 Å². The molecular weight excluding hydrogens is 312 g/mol. The average Bonchev–Trinajstić information content (AvgIpc) is 3.21. The predicted octanol–water partition coefficient (Wildman–Crippen LogP) is 2.58. The van der Waals surface area contributed by atoms with E-state index in [2.05, 4.69) is 15.2 Å². The standard InChI is InChI=1S/C16H20N4O2S/c1-11-17-16(19-18-11)14-7-4-8-20(14)15(21)10-23-13-6-3-5-12(9-13)22-2/h3,5-6,9,14H,4,7-8,10H2,1-2H3,(H,17,18,19)/t14-/m1/s1. The Bertz CT molecular complexity index is 688. The molecule has 1 aromatic carbocycles. The summed E-state index contributed by atoms with van der Waals surface area (Å²) in [4.78, 5) is 19.9. The van der Waals surface area contributed by atoms with Gasteiger partial charge in [-0.1, -0.05) is 6.07 Å². The van der Waals surface area contributed by atoms with Crippen molar-refractivity contribution in [1.82, 2.24) is 20.1 Å². The third-order valence-corrected chi connectivity index (χ3v) is 4.87. The Labute approximate surface area is 139 Å². The van der Waals surface area contributed by atoms with Gasteiger partial charge in [-0.25, -0.2) is 4.98 Å². The second kappa shape index (κ2) is 7.04. The van der Waals surface area contributed by atoms with Crippen LogP contribution in [-0.4, -0.2) is 45.4 Å². The number of rotatable bonds is 5. The van der Waals surface area contributed by atoms with E-state index in [0.717, 1.165) is 41.7 Å². The Morgan fingerprint density at radius 1 is 1.52 bits per heavy atom. The van der Waals surface area contributed by atoms with E-state index < -0.39 is 0 Å². The van der Waals surface area contributed by atoms with Gasteiger partial charge in [0.15, 0.2) is 5.82 Å². The number of likely N-dealkylation sites (tertiary alicyclic amines) is 1. The second-order valence-electron chi connectivity index (χ2n) is 5.49. The number of thioether (sulfide) groups is 1. The summed E-state index contributed by atoms with van der Waals surface area (Å²) < 4.78 is 5.21. The van der Waals surface area contributed by atoms with Crippen LogP contribution >= 0.6 is 11.8 Å². The van der Waals surface area contributed by atoms with Crippen LogP contribution in [0, 0.1) is 6.92 Å². The van der Waals surface area contributed by atoms with Gasteiger partial charge in [0, 0.05) is 11.4 Å². The highest BCUT2D eigenvalue weighted by molar-refractivity contribution is 8.00. The number of aromatic nitrogens is 3. The van der Waals surface area contributed by atoms with E-state index in [-0.39, 0.29) is 11.9 Å². The van der Waals surface area contributed by atoms with Crippen LogP contribution in [0.15, 0.2) is 29.2 Å². The molecule has 1 aliphatic heterocycles. The Balaban J connectivity index is 1.63. The lowest BCUT2D eigenvalue weighted by atomic mass is 10.2. The van der Waals surface area contributed by atoms with Crippen molar-refractivity contribution in [3.63, 3.8) is 0 Å². The molecule has 23 heavy (non-hydrogen) atoms. The summed E-state index contributed by atoms with van der Waals surface area (Å²) in [5.74, 6) is 2.85. The molecule has 122 valence electrons. The fourth-order valence-electron chi connectivity index (χ4n) is 2.76. The van der Waals surface area contributed by atoms with E-state index in [1.807, 2.05) is 36.1 Å². The molecule has 1 N–H and O–H groups in total. The van der Waals surface area contributed by atoms with Crippen LogP contribution in [0.2, 0.25) is 0 Å². The minimum absolute atomic E-state index is 0.00152. The number of aryl methyl sites for hydroxylation is 1. The van der Waals surface area contributed by atoms with Crippen LogP contribution in [-0.2, 0) is 4.79 Å². The average molecular weight is 332 g/mol. The molecule has 1 aliphatic rings. The number of carbonyl (C=O) groups is 1. The molecule has 0 spiro atoms. The third kappa shape index (κ3) is 3.67. The van der Waals surface area contributed by atoms with E-state index in [1.165, 1.54) is 11.8 Å². The van der Waals surface area contributed by atoms with Gasteiger partial charge in [-0.05, 0) is 38.0 Å². The molecule has 1 fully saturated rings. The van der Waals surface area contributed by atoms with Crippen LogP contribution in [0.4, 0.5) is 0 Å². The largest absolute Gasteiger partial charge is 0.497 e. The van der Waals surface area contributed by atoms with Crippen LogP contribution in [0.3, 0.4) is 0 Å². The SMILES string of the molecule is COc1cccc(SCC(=O)N2CCC[C@@H]2c2n[nH]c(C)n2)c1. The Kier molecular flexibility index (Phi) is 4.85. The summed E-state index contributed by atoms with van der Waals surface area (Å²) in [6.07, 6.45) is 1.92. The lowest BCUT2D eigenvalue weighted by molar-refractivity contribution is -0.129. The molecule has 0 radical (unpaired) electrons. The first-order valence-corrected chi connectivity index (χ1v) is 8.61. The zero-order valence-electron chi connectivity index (χ0n) is 13.3. The molecule has 0 bridgehead atoms. The van der Waals surface area contributed by atoms with Gasteiger partial charge in [0.2, 0.25) is 5.91 Å². The van der Waals surface area contributed by atoms with Gasteiger partial charge in [0.25, 0.3) is 0 Å². The van der Waals surface area contributed by atoms with Crippen molar-refractivity contribution in [3.05, 3.63) is 35.9 Å². The lowest BCUT2D eigenvalue weighted by Gasteiger charge is -2.22. The lowest BCUT2D eigenvalue weighted by Crippen LogP contribution is -2.32.